The lowest BCUT2D eigenvalue weighted by Crippen LogP contribution is -2.45. The Labute approximate surface area is 125 Å². The van der Waals surface area contributed by atoms with Crippen molar-refractivity contribution in [3.63, 3.8) is 0 Å². The lowest BCUT2D eigenvalue weighted by molar-refractivity contribution is -0.123. The van der Waals surface area contributed by atoms with Crippen LogP contribution in [-0.2, 0) is 11.2 Å². The van der Waals surface area contributed by atoms with Gasteiger partial charge in [0.25, 0.3) is 0 Å². The molecule has 0 saturated heterocycles. The number of hydrogen-bond donors (Lipinski definition) is 1. The minimum Gasteiger partial charge on any atom is -0.353 e. The molecule has 3 rings (SSSR count). The van der Waals surface area contributed by atoms with E-state index in [0.29, 0.717) is 13.0 Å². The Morgan fingerprint density at radius 1 is 1.38 bits per heavy atom. The molecule has 0 bridgehead atoms. The molecule has 0 radical (unpaired) electrons. The molecule has 0 fully saturated rings. The standard InChI is InChI=1S/C17H22N2O2/c1-11(2)18-16(21)10-19-9-8-12-4-3-5-13-15(20)7-6-14(19)17(12)13/h3-5,11,14H,6-10H2,1-2H3,(H,18,21). The van der Waals surface area contributed by atoms with Crippen molar-refractivity contribution < 1.29 is 9.59 Å². The summed E-state index contributed by atoms with van der Waals surface area (Å²) in [5.74, 6) is 0.319. The molecule has 1 amide bonds. The van der Waals surface area contributed by atoms with E-state index in [2.05, 4.69) is 16.3 Å². The molecule has 21 heavy (non-hydrogen) atoms. The molecule has 2 aliphatic rings. The van der Waals surface area contributed by atoms with E-state index in [1.165, 1.54) is 11.1 Å². The highest BCUT2D eigenvalue weighted by Crippen LogP contribution is 2.39. The van der Waals surface area contributed by atoms with Crippen LogP contribution in [0.25, 0.3) is 0 Å². The first-order chi connectivity index (χ1) is 10.1. The van der Waals surface area contributed by atoms with Gasteiger partial charge >= 0.3 is 0 Å². The van der Waals surface area contributed by atoms with Crippen molar-refractivity contribution in [2.45, 2.75) is 45.2 Å². The van der Waals surface area contributed by atoms with Crippen LogP contribution in [0.15, 0.2) is 18.2 Å². The van der Waals surface area contributed by atoms with Crippen molar-refractivity contribution in [3.05, 3.63) is 34.9 Å². The molecule has 112 valence electrons. The summed E-state index contributed by atoms with van der Waals surface area (Å²) < 4.78 is 0. The zero-order valence-electron chi connectivity index (χ0n) is 12.7. The van der Waals surface area contributed by atoms with Gasteiger partial charge in [-0.05, 0) is 37.8 Å². The van der Waals surface area contributed by atoms with Crippen LogP contribution in [0, 0.1) is 0 Å². The van der Waals surface area contributed by atoms with Crippen LogP contribution >= 0.6 is 0 Å². The predicted octanol–water partition coefficient (Wildman–Crippen LogP) is 2.09. The third-order valence-corrected chi connectivity index (χ3v) is 4.38. The molecule has 0 aromatic heterocycles. The molecular weight excluding hydrogens is 264 g/mol. The first kappa shape index (κ1) is 14.3. The number of carbonyl (C=O) groups excluding carboxylic acids is 2. The minimum absolute atomic E-state index is 0.0721. The fourth-order valence-electron chi connectivity index (χ4n) is 3.54. The third kappa shape index (κ3) is 2.72. The van der Waals surface area contributed by atoms with Crippen molar-refractivity contribution in [2.24, 2.45) is 0 Å². The number of benzene rings is 1. The monoisotopic (exact) mass is 286 g/mol. The van der Waals surface area contributed by atoms with Crippen molar-refractivity contribution in [2.75, 3.05) is 13.1 Å². The molecule has 1 atom stereocenters. The Morgan fingerprint density at radius 2 is 2.19 bits per heavy atom. The highest BCUT2D eigenvalue weighted by molar-refractivity contribution is 5.99. The van der Waals surface area contributed by atoms with E-state index in [-0.39, 0.29) is 23.8 Å². The first-order valence-electron chi connectivity index (χ1n) is 7.74. The Balaban J connectivity index is 1.85. The SMILES string of the molecule is CC(C)NC(=O)CN1CCc2cccc3c2C1CCC3=O. The molecule has 1 aromatic carbocycles. The van der Waals surface area contributed by atoms with E-state index in [1.807, 2.05) is 26.0 Å². The normalized spacial score (nSPS) is 21.3. The first-order valence-corrected chi connectivity index (χ1v) is 7.74. The molecule has 0 saturated carbocycles. The van der Waals surface area contributed by atoms with E-state index in [1.54, 1.807) is 0 Å². The summed E-state index contributed by atoms with van der Waals surface area (Å²) in [4.78, 5) is 26.4. The summed E-state index contributed by atoms with van der Waals surface area (Å²) in [5.41, 5.74) is 3.33. The number of Topliss-reactive ketones (excluding diaryl/α,β-unsaturated/α-hetero) is 1. The largest absolute Gasteiger partial charge is 0.353 e. The number of ketones is 1. The fourth-order valence-corrected chi connectivity index (χ4v) is 3.54. The van der Waals surface area contributed by atoms with Gasteiger partial charge < -0.3 is 5.32 Å². The molecule has 4 heteroatoms. The van der Waals surface area contributed by atoms with Crippen LogP contribution in [0.2, 0.25) is 0 Å². The molecule has 1 aromatic rings. The molecule has 1 aliphatic carbocycles. The van der Waals surface area contributed by atoms with Crippen LogP contribution < -0.4 is 5.32 Å². The van der Waals surface area contributed by atoms with Gasteiger partial charge in [-0.1, -0.05) is 18.2 Å². The summed E-state index contributed by atoms with van der Waals surface area (Å²) >= 11 is 0. The van der Waals surface area contributed by atoms with Crippen LogP contribution in [0.1, 0.15) is 54.2 Å². The zero-order valence-corrected chi connectivity index (χ0v) is 12.7. The number of carbonyl (C=O) groups is 2. The van der Waals surface area contributed by atoms with Crippen LogP contribution in [0.4, 0.5) is 0 Å². The van der Waals surface area contributed by atoms with Crippen molar-refractivity contribution in [1.82, 2.24) is 10.2 Å². The molecule has 1 heterocycles. The van der Waals surface area contributed by atoms with E-state index < -0.39 is 0 Å². The number of nitrogens with one attached hydrogen (secondary N) is 1. The second-order valence-corrected chi connectivity index (χ2v) is 6.30. The maximum atomic E-state index is 12.1. The number of hydrogen-bond acceptors (Lipinski definition) is 3. The second kappa shape index (κ2) is 5.60. The van der Waals surface area contributed by atoms with E-state index in [0.717, 1.165) is 24.9 Å². The summed E-state index contributed by atoms with van der Waals surface area (Å²) in [5, 5.41) is 2.95. The molecule has 1 aliphatic heterocycles. The maximum absolute atomic E-state index is 12.1. The van der Waals surface area contributed by atoms with E-state index >= 15 is 0 Å². The summed E-state index contributed by atoms with van der Waals surface area (Å²) in [7, 11) is 0. The average Bonchev–Trinajstić information content (AvgIpc) is 2.43. The molecule has 4 nitrogen and oxygen atoms in total. The van der Waals surface area contributed by atoms with Gasteiger partial charge in [-0.3, -0.25) is 14.5 Å². The number of nitrogens with zero attached hydrogens (tertiary/aromatic N) is 1. The maximum Gasteiger partial charge on any atom is 0.234 e. The van der Waals surface area contributed by atoms with Gasteiger partial charge in [-0.15, -0.1) is 0 Å². The molecular formula is C17H22N2O2. The van der Waals surface area contributed by atoms with Gasteiger partial charge in [0.2, 0.25) is 5.91 Å². The summed E-state index contributed by atoms with van der Waals surface area (Å²) in [6.07, 6.45) is 2.34. The Hall–Kier alpha value is -1.68. The van der Waals surface area contributed by atoms with E-state index in [9.17, 15) is 9.59 Å². The van der Waals surface area contributed by atoms with Crippen molar-refractivity contribution >= 4 is 11.7 Å². The van der Waals surface area contributed by atoms with Crippen LogP contribution in [0.5, 0.6) is 0 Å². The smallest absolute Gasteiger partial charge is 0.234 e. The topological polar surface area (TPSA) is 49.4 Å². The van der Waals surface area contributed by atoms with Gasteiger partial charge in [-0.25, -0.2) is 0 Å². The van der Waals surface area contributed by atoms with Gasteiger partial charge in [0, 0.05) is 30.6 Å². The molecule has 0 spiro atoms. The lowest BCUT2D eigenvalue weighted by atomic mass is 9.80. The van der Waals surface area contributed by atoms with Gasteiger partial charge in [-0.2, -0.15) is 0 Å². The predicted molar refractivity (Wildman–Crippen MR) is 81.3 cm³/mol. The second-order valence-electron chi connectivity index (χ2n) is 6.30. The van der Waals surface area contributed by atoms with Crippen molar-refractivity contribution in [1.29, 1.82) is 0 Å². The Morgan fingerprint density at radius 3 is 2.95 bits per heavy atom. The van der Waals surface area contributed by atoms with Gasteiger partial charge in [0.05, 0.1) is 6.54 Å². The van der Waals surface area contributed by atoms with Gasteiger partial charge in [0.15, 0.2) is 5.78 Å². The van der Waals surface area contributed by atoms with Crippen molar-refractivity contribution in [3.8, 4) is 0 Å². The molecule has 1 N–H and O–H groups in total. The quantitative estimate of drug-likeness (QED) is 0.925. The zero-order chi connectivity index (χ0) is 15.0. The minimum atomic E-state index is 0.0721. The fraction of sp³-hybridized carbons (Fsp3) is 0.529. The van der Waals surface area contributed by atoms with Crippen LogP contribution in [-0.4, -0.2) is 35.7 Å². The highest BCUT2D eigenvalue weighted by atomic mass is 16.2. The summed E-state index contributed by atoms with van der Waals surface area (Å²) in [6, 6.07) is 6.43. The number of rotatable bonds is 3. The third-order valence-electron chi connectivity index (χ3n) is 4.38. The lowest BCUT2D eigenvalue weighted by Gasteiger charge is -2.40. The Bertz CT molecular complexity index is 580. The van der Waals surface area contributed by atoms with Crippen LogP contribution in [0.3, 0.4) is 0 Å². The van der Waals surface area contributed by atoms with E-state index in [4.69, 9.17) is 0 Å². The average molecular weight is 286 g/mol. The molecule has 1 unspecified atom stereocenters. The summed E-state index contributed by atoms with van der Waals surface area (Å²) in [6.45, 7) is 5.26. The highest BCUT2D eigenvalue weighted by Gasteiger charge is 2.35. The number of amides is 1. The van der Waals surface area contributed by atoms with Gasteiger partial charge in [0.1, 0.15) is 0 Å². The Kier molecular flexibility index (Phi) is 3.81.